The highest BCUT2D eigenvalue weighted by atomic mass is 79.9. The second-order valence-electron chi connectivity index (χ2n) is 7.45. The molecular weight excluding hydrogens is 506 g/mol. The summed E-state index contributed by atoms with van der Waals surface area (Å²) in [7, 11) is -3.71. The van der Waals surface area contributed by atoms with Crippen LogP contribution in [0.5, 0.6) is 0 Å². The monoisotopic (exact) mass is 529 g/mol. The molecule has 2 amide bonds. The zero-order valence-corrected chi connectivity index (χ0v) is 20.6. The lowest BCUT2D eigenvalue weighted by Gasteiger charge is -2.22. The number of anilines is 2. The van der Waals surface area contributed by atoms with Gasteiger partial charge in [-0.15, -0.1) is 0 Å². The van der Waals surface area contributed by atoms with Crippen molar-refractivity contribution >= 4 is 49.1 Å². The fraction of sp³-hybridized carbons (Fsp3) is 0.167. The van der Waals surface area contributed by atoms with Gasteiger partial charge < -0.3 is 10.6 Å². The fourth-order valence-corrected chi connectivity index (χ4v) is 4.34. The molecule has 33 heavy (non-hydrogen) atoms. The summed E-state index contributed by atoms with van der Waals surface area (Å²) < 4.78 is 26.4. The zero-order chi connectivity index (χ0) is 24.0. The summed E-state index contributed by atoms with van der Waals surface area (Å²) in [4.78, 5) is 25.7. The first-order valence-corrected chi connectivity index (χ1v) is 12.8. The summed E-state index contributed by atoms with van der Waals surface area (Å²) in [6.07, 6.45) is 1.04. The van der Waals surface area contributed by atoms with Crippen LogP contribution < -0.4 is 14.9 Å². The van der Waals surface area contributed by atoms with Crippen LogP contribution in [0.15, 0.2) is 83.3 Å². The molecule has 0 fully saturated rings. The van der Waals surface area contributed by atoms with Crippen molar-refractivity contribution in [3.8, 4) is 0 Å². The van der Waals surface area contributed by atoms with E-state index in [1.54, 1.807) is 48.5 Å². The Kier molecular flexibility index (Phi) is 7.88. The molecule has 0 bridgehead atoms. The van der Waals surface area contributed by atoms with Gasteiger partial charge in [0.2, 0.25) is 15.9 Å². The molecule has 0 unspecified atom stereocenters. The molecule has 0 saturated carbocycles. The van der Waals surface area contributed by atoms with Crippen molar-refractivity contribution in [2.75, 3.05) is 22.4 Å². The molecule has 0 aliphatic rings. The lowest BCUT2D eigenvalue weighted by molar-refractivity contribution is -0.114. The molecule has 3 rings (SSSR count). The van der Waals surface area contributed by atoms with Crippen LogP contribution >= 0.6 is 15.9 Å². The Morgan fingerprint density at radius 3 is 2.18 bits per heavy atom. The normalized spacial score (nSPS) is 12.0. The van der Waals surface area contributed by atoms with E-state index in [0.29, 0.717) is 11.4 Å². The van der Waals surface area contributed by atoms with E-state index in [-0.39, 0.29) is 17.5 Å². The number of hydrogen-bond donors (Lipinski definition) is 2. The third-order valence-electron chi connectivity index (χ3n) is 4.90. The SMILES string of the molecule is C[C@H](NC(=O)c1ccccc1NC(=O)CN(c1ccc(Br)cc1)S(C)(=O)=O)c1ccccc1. The van der Waals surface area contributed by atoms with Crippen molar-refractivity contribution in [1.29, 1.82) is 0 Å². The number of rotatable bonds is 8. The third-order valence-corrected chi connectivity index (χ3v) is 6.56. The van der Waals surface area contributed by atoms with Crippen LogP contribution in [0.1, 0.15) is 28.9 Å². The molecule has 3 aromatic rings. The summed E-state index contributed by atoms with van der Waals surface area (Å²) in [5, 5.41) is 5.59. The van der Waals surface area contributed by atoms with Gasteiger partial charge in [-0.25, -0.2) is 8.42 Å². The molecule has 0 saturated heterocycles. The Bertz CT molecular complexity index is 1230. The van der Waals surface area contributed by atoms with Crippen molar-refractivity contribution in [3.05, 3.63) is 94.5 Å². The van der Waals surface area contributed by atoms with Crippen molar-refractivity contribution in [1.82, 2.24) is 5.32 Å². The molecule has 0 aliphatic carbocycles. The zero-order valence-electron chi connectivity index (χ0n) is 18.2. The average Bonchev–Trinajstić information content (AvgIpc) is 2.78. The number of carbonyl (C=O) groups is 2. The van der Waals surface area contributed by atoms with Crippen molar-refractivity contribution < 1.29 is 18.0 Å². The van der Waals surface area contributed by atoms with Gasteiger partial charge in [-0.05, 0) is 48.9 Å². The van der Waals surface area contributed by atoms with E-state index < -0.39 is 22.5 Å². The highest BCUT2D eigenvalue weighted by molar-refractivity contribution is 9.10. The van der Waals surface area contributed by atoms with Crippen LogP contribution in [0, 0.1) is 0 Å². The average molecular weight is 530 g/mol. The van der Waals surface area contributed by atoms with Gasteiger partial charge in [0.25, 0.3) is 5.91 Å². The quantitative estimate of drug-likeness (QED) is 0.453. The maximum absolute atomic E-state index is 12.9. The number of carbonyl (C=O) groups excluding carboxylic acids is 2. The van der Waals surface area contributed by atoms with Gasteiger partial charge in [-0.3, -0.25) is 13.9 Å². The van der Waals surface area contributed by atoms with Gasteiger partial charge in [0, 0.05) is 4.47 Å². The molecule has 0 aliphatic heterocycles. The molecule has 172 valence electrons. The van der Waals surface area contributed by atoms with E-state index >= 15 is 0 Å². The molecule has 0 radical (unpaired) electrons. The predicted molar refractivity (Wildman–Crippen MR) is 134 cm³/mol. The van der Waals surface area contributed by atoms with Crippen LogP contribution in [0.2, 0.25) is 0 Å². The minimum Gasteiger partial charge on any atom is -0.345 e. The maximum Gasteiger partial charge on any atom is 0.253 e. The lowest BCUT2D eigenvalue weighted by atomic mass is 10.1. The van der Waals surface area contributed by atoms with E-state index in [2.05, 4.69) is 26.6 Å². The first-order chi connectivity index (χ1) is 15.6. The predicted octanol–water partition coefficient (Wildman–Crippen LogP) is 4.34. The molecule has 9 heteroatoms. The number of hydrogen-bond acceptors (Lipinski definition) is 4. The summed E-state index contributed by atoms with van der Waals surface area (Å²) in [5.74, 6) is -0.921. The smallest absolute Gasteiger partial charge is 0.253 e. The number of halogens is 1. The highest BCUT2D eigenvalue weighted by Crippen LogP contribution is 2.22. The maximum atomic E-state index is 12.9. The number of sulfonamides is 1. The van der Waals surface area contributed by atoms with Crippen LogP contribution in [0.4, 0.5) is 11.4 Å². The van der Waals surface area contributed by atoms with Crippen LogP contribution in [-0.4, -0.2) is 33.0 Å². The minimum atomic E-state index is -3.71. The van der Waals surface area contributed by atoms with Crippen LogP contribution in [-0.2, 0) is 14.8 Å². The van der Waals surface area contributed by atoms with Gasteiger partial charge >= 0.3 is 0 Å². The van der Waals surface area contributed by atoms with Gasteiger partial charge in [-0.2, -0.15) is 0 Å². The van der Waals surface area contributed by atoms with Gasteiger partial charge in [-0.1, -0.05) is 58.4 Å². The van der Waals surface area contributed by atoms with Gasteiger partial charge in [0.1, 0.15) is 6.54 Å². The molecule has 0 spiro atoms. The molecule has 0 heterocycles. The molecule has 2 N–H and O–H groups in total. The number of benzene rings is 3. The first kappa shape index (κ1) is 24.5. The van der Waals surface area contributed by atoms with Crippen molar-refractivity contribution in [3.63, 3.8) is 0 Å². The minimum absolute atomic E-state index is 0.236. The topological polar surface area (TPSA) is 95.6 Å². The Balaban J connectivity index is 1.76. The fourth-order valence-electron chi connectivity index (χ4n) is 3.22. The second kappa shape index (κ2) is 10.6. The standard InChI is InChI=1S/C24H24BrN3O4S/c1-17(18-8-4-3-5-9-18)26-24(30)21-10-6-7-11-22(21)27-23(29)16-28(33(2,31)32)20-14-12-19(25)13-15-20/h3-15,17H,16H2,1-2H3,(H,26,30)(H,27,29)/t17-/m0/s1. The lowest BCUT2D eigenvalue weighted by Crippen LogP contribution is -2.37. The van der Waals surface area contributed by atoms with E-state index in [4.69, 9.17) is 0 Å². The van der Waals surface area contributed by atoms with Gasteiger partial charge in [0.05, 0.1) is 29.2 Å². The van der Waals surface area contributed by atoms with Crippen molar-refractivity contribution in [2.24, 2.45) is 0 Å². The van der Waals surface area contributed by atoms with E-state index in [1.807, 2.05) is 37.3 Å². The van der Waals surface area contributed by atoms with Crippen molar-refractivity contribution in [2.45, 2.75) is 13.0 Å². The summed E-state index contributed by atoms with van der Waals surface area (Å²) >= 11 is 3.31. The Labute approximate surface area is 202 Å². The largest absolute Gasteiger partial charge is 0.345 e. The number of nitrogens with zero attached hydrogens (tertiary/aromatic N) is 1. The first-order valence-electron chi connectivity index (χ1n) is 10.1. The summed E-state index contributed by atoms with van der Waals surface area (Å²) in [5.41, 5.74) is 1.89. The number of para-hydroxylation sites is 1. The van der Waals surface area contributed by atoms with E-state index in [9.17, 15) is 18.0 Å². The highest BCUT2D eigenvalue weighted by Gasteiger charge is 2.22. The van der Waals surface area contributed by atoms with Gasteiger partial charge in [0.15, 0.2) is 0 Å². The molecule has 0 aromatic heterocycles. The van der Waals surface area contributed by atoms with E-state index in [1.165, 1.54) is 0 Å². The Hall–Kier alpha value is -3.17. The molecule has 7 nitrogen and oxygen atoms in total. The third kappa shape index (κ3) is 6.66. The van der Waals surface area contributed by atoms with Crippen LogP contribution in [0.25, 0.3) is 0 Å². The molecule has 3 aromatic carbocycles. The molecule has 1 atom stereocenters. The Morgan fingerprint density at radius 1 is 0.939 bits per heavy atom. The van der Waals surface area contributed by atoms with E-state index in [0.717, 1.165) is 20.6 Å². The number of nitrogens with one attached hydrogen (secondary N) is 2. The summed E-state index contributed by atoms with van der Waals surface area (Å²) in [6.45, 7) is 1.44. The Morgan fingerprint density at radius 2 is 1.55 bits per heavy atom. The molecular formula is C24H24BrN3O4S. The number of amides is 2. The summed E-state index contributed by atoms with van der Waals surface area (Å²) in [6, 6.07) is 22.5. The van der Waals surface area contributed by atoms with Crippen LogP contribution in [0.3, 0.4) is 0 Å². The second-order valence-corrected chi connectivity index (χ2v) is 10.3.